The largest absolute Gasteiger partial charge is 0.493 e. The van der Waals surface area contributed by atoms with Crippen molar-refractivity contribution in [3.05, 3.63) is 53.8 Å². The third-order valence-electron chi connectivity index (χ3n) is 4.85. The third kappa shape index (κ3) is 3.77. The van der Waals surface area contributed by atoms with Gasteiger partial charge in [0.25, 0.3) is 0 Å². The summed E-state index contributed by atoms with van der Waals surface area (Å²) in [6, 6.07) is 10.6. The Bertz CT molecular complexity index is 908. The number of rotatable bonds is 4. The first kappa shape index (κ1) is 15.1. The van der Waals surface area contributed by atoms with Gasteiger partial charge in [0, 0.05) is 25.1 Å². The molecule has 0 saturated carbocycles. The highest BCUT2D eigenvalue weighted by Gasteiger charge is 2.33. The van der Waals surface area contributed by atoms with Crippen LogP contribution < -0.4 is 14.2 Å². The molecule has 2 aliphatic heterocycles. The lowest BCUT2D eigenvalue weighted by atomic mass is 9.81. The number of amides is 1. The molecule has 2 heterocycles. The molecule has 142 valence electrons. The van der Waals surface area contributed by atoms with Crippen LogP contribution in [0.4, 0.5) is 9.18 Å². The van der Waals surface area contributed by atoms with E-state index in [1.54, 1.807) is 30.3 Å². The summed E-state index contributed by atoms with van der Waals surface area (Å²) >= 11 is 0. The molecule has 0 bridgehead atoms. The van der Waals surface area contributed by atoms with Crippen LogP contribution in [0.1, 0.15) is 20.6 Å². The van der Waals surface area contributed by atoms with Gasteiger partial charge in [-0.25, -0.2) is 9.18 Å². The zero-order valence-electron chi connectivity index (χ0n) is 16.4. The second-order valence-electron chi connectivity index (χ2n) is 6.52. The lowest BCUT2D eigenvalue weighted by Gasteiger charge is -2.37. The monoisotopic (exact) mass is 375 g/mol. The quantitative estimate of drug-likeness (QED) is 0.882. The molecule has 0 spiro atoms. The van der Waals surface area contributed by atoms with Crippen LogP contribution in [-0.4, -0.2) is 42.5 Å². The van der Waals surface area contributed by atoms with Crippen LogP contribution in [0.2, 0.25) is 0 Å². The SMILES string of the molecule is [2H]C([2H])(Oc1ccc2c(c1)OCO2)C1CN(C(=O)O)CCC1c1ccc(F)cc1. The number of hydrogen-bond acceptors (Lipinski definition) is 4. The van der Waals surface area contributed by atoms with E-state index in [4.69, 9.17) is 17.0 Å². The Morgan fingerprint density at radius 3 is 2.81 bits per heavy atom. The van der Waals surface area contributed by atoms with Gasteiger partial charge in [0.15, 0.2) is 11.5 Å². The molecule has 1 amide bonds. The minimum atomic E-state index is -2.18. The number of hydrogen-bond donors (Lipinski definition) is 1. The van der Waals surface area contributed by atoms with Crippen LogP contribution >= 0.6 is 0 Å². The van der Waals surface area contributed by atoms with Gasteiger partial charge in [0.1, 0.15) is 11.6 Å². The first-order chi connectivity index (χ1) is 13.8. The van der Waals surface area contributed by atoms with E-state index in [0.29, 0.717) is 17.9 Å². The number of carboxylic acid groups (broad SMARTS) is 1. The minimum Gasteiger partial charge on any atom is -0.493 e. The highest BCUT2D eigenvalue weighted by molar-refractivity contribution is 5.65. The molecule has 2 aliphatic rings. The van der Waals surface area contributed by atoms with Gasteiger partial charge in [-0.05, 0) is 42.2 Å². The molecule has 0 aromatic heterocycles. The van der Waals surface area contributed by atoms with Gasteiger partial charge in [-0.1, -0.05) is 12.1 Å². The van der Waals surface area contributed by atoms with Gasteiger partial charge in [-0.3, -0.25) is 0 Å². The van der Waals surface area contributed by atoms with Crippen molar-refractivity contribution in [3.8, 4) is 17.2 Å². The fourth-order valence-corrected chi connectivity index (χ4v) is 3.44. The smallest absolute Gasteiger partial charge is 0.407 e. The van der Waals surface area contributed by atoms with Crippen molar-refractivity contribution in [1.82, 2.24) is 4.90 Å². The average molecular weight is 375 g/mol. The number of fused-ring (bicyclic) bond motifs is 1. The maximum absolute atomic E-state index is 13.3. The molecule has 2 aromatic carbocycles. The summed E-state index contributed by atoms with van der Waals surface area (Å²) in [4.78, 5) is 12.7. The van der Waals surface area contributed by atoms with E-state index in [-0.39, 0.29) is 37.4 Å². The van der Waals surface area contributed by atoms with E-state index in [1.165, 1.54) is 17.0 Å². The number of benzene rings is 2. The molecule has 27 heavy (non-hydrogen) atoms. The average Bonchev–Trinajstić information content (AvgIpc) is 3.15. The number of nitrogens with zero attached hydrogens (tertiary/aromatic N) is 1. The lowest BCUT2D eigenvalue weighted by Crippen LogP contribution is -2.44. The molecule has 0 radical (unpaired) electrons. The van der Waals surface area contributed by atoms with Crippen LogP contribution in [0.25, 0.3) is 0 Å². The van der Waals surface area contributed by atoms with Gasteiger partial charge in [-0.2, -0.15) is 0 Å². The maximum Gasteiger partial charge on any atom is 0.407 e. The number of likely N-dealkylation sites (tertiary alicyclic amines) is 1. The molecule has 1 fully saturated rings. The van der Waals surface area contributed by atoms with Gasteiger partial charge >= 0.3 is 6.09 Å². The lowest BCUT2D eigenvalue weighted by molar-refractivity contribution is 0.0938. The molecule has 1 N–H and O–H groups in total. The van der Waals surface area contributed by atoms with Crippen molar-refractivity contribution in [1.29, 1.82) is 0 Å². The first-order valence-electron chi connectivity index (χ1n) is 9.65. The van der Waals surface area contributed by atoms with Gasteiger partial charge < -0.3 is 24.2 Å². The first-order valence-corrected chi connectivity index (χ1v) is 8.65. The number of halogens is 1. The molecular weight excluding hydrogens is 353 g/mol. The Labute approximate surface area is 158 Å². The minimum absolute atomic E-state index is 0.0328. The standard InChI is InChI=1S/C20H20FNO5/c21-15-3-1-13(2-4-15)17-7-8-22(20(23)24)10-14(17)11-25-16-5-6-18-19(9-16)27-12-26-18/h1-6,9,14,17H,7-8,10-12H2,(H,23,24)/i11D2. The number of ether oxygens (including phenoxy) is 3. The topological polar surface area (TPSA) is 68.2 Å². The van der Waals surface area contributed by atoms with E-state index >= 15 is 0 Å². The number of piperidine rings is 1. The van der Waals surface area contributed by atoms with E-state index in [0.717, 1.165) is 5.56 Å². The van der Waals surface area contributed by atoms with Crippen molar-refractivity contribution < 1.29 is 31.2 Å². The van der Waals surface area contributed by atoms with Crippen LogP contribution in [0.3, 0.4) is 0 Å². The highest BCUT2D eigenvalue weighted by atomic mass is 19.1. The van der Waals surface area contributed by atoms with Crippen molar-refractivity contribution in [2.45, 2.75) is 12.3 Å². The molecule has 0 aliphatic carbocycles. The Morgan fingerprint density at radius 1 is 1.26 bits per heavy atom. The summed E-state index contributed by atoms with van der Waals surface area (Å²) in [6.45, 7) is -1.85. The van der Waals surface area contributed by atoms with Crippen molar-refractivity contribution in [2.75, 3.05) is 26.4 Å². The summed E-state index contributed by atoms with van der Waals surface area (Å²) in [7, 11) is 0. The maximum atomic E-state index is 13.3. The summed E-state index contributed by atoms with van der Waals surface area (Å²) < 4.78 is 46.7. The van der Waals surface area contributed by atoms with Gasteiger partial charge in [-0.15, -0.1) is 0 Å². The summed E-state index contributed by atoms with van der Waals surface area (Å²) in [5.74, 6) is -0.225. The second-order valence-corrected chi connectivity index (χ2v) is 6.52. The van der Waals surface area contributed by atoms with Crippen molar-refractivity contribution >= 4 is 6.09 Å². The summed E-state index contributed by atoms with van der Waals surface area (Å²) in [6.07, 6.45) is -0.696. The molecular formula is C20H20FNO5. The molecule has 4 rings (SSSR count). The van der Waals surface area contributed by atoms with E-state index < -0.39 is 18.6 Å². The Kier molecular flexibility index (Phi) is 4.12. The normalized spacial score (nSPS) is 22.8. The van der Waals surface area contributed by atoms with Crippen LogP contribution in [0.15, 0.2) is 42.5 Å². The Hall–Kier alpha value is -2.96. The zero-order chi connectivity index (χ0) is 20.6. The van der Waals surface area contributed by atoms with Gasteiger partial charge in [0.2, 0.25) is 6.79 Å². The molecule has 6 nitrogen and oxygen atoms in total. The molecule has 2 atom stereocenters. The van der Waals surface area contributed by atoms with Crippen molar-refractivity contribution in [3.63, 3.8) is 0 Å². The van der Waals surface area contributed by atoms with Gasteiger partial charge in [0.05, 0.1) is 9.30 Å². The third-order valence-corrected chi connectivity index (χ3v) is 4.85. The highest BCUT2D eigenvalue weighted by Crippen LogP contribution is 2.37. The van der Waals surface area contributed by atoms with E-state index in [1.807, 2.05) is 0 Å². The fraction of sp³-hybridized carbons (Fsp3) is 0.350. The van der Waals surface area contributed by atoms with Crippen molar-refractivity contribution in [2.24, 2.45) is 5.92 Å². The van der Waals surface area contributed by atoms with E-state index in [9.17, 15) is 14.3 Å². The molecule has 2 aromatic rings. The Morgan fingerprint density at radius 2 is 2.04 bits per heavy atom. The predicted molar refractivity (Wildman–Crippen MR) is 94.9 cm³/mol. The molecule has 1 saturated heterocycles. The summed E-state index contributed by atoms with van der Waals surface area (Å²) in [5.41, 5.74) is 0.750. The summed E-state index contributed by atoms with van der Waals surface area (Å²) in [5, 5.41) is 9.39. The van der Waals surface area contributed by atoms with Crippen LogP contribution in [0, 0.1) is 11.7 Å². The molecule has 2 unspecified atom stereocenters. The Balaban J connectivity index is 1.62. The van der Waals surface area contributed by atoms with Crippen LogP contribution in [0.5, 0.6) is 17.2 Å². The van der Waals surface area contributed by atoms with Crippen LogP contribution in [-0.2, 0) is 0 Å². The number of carbonyl (C=O) groups is 1. The molecule has 7 heteroatoms. The second kappa shape index (κ2) is 7.34. The fourth-order valence-electron chi connectivity index (χ4n) is 3.44. The van der Waals surface area contributed by atoms with E-state index in [2.05, 4.69) is 0 Å². The zero-order valence-corrected chi connectivity index (χ0v) is 14.4. The predicted octanol–water partition coefficient (Wildman–Crippen LogP) is 3.72.